The fourth-order valence-corrected chi connectivity index (χ4v) is 8.67. The number of carbonyl (C=O) groups is 5. The van der Waals surface area contributed by atoms with Crippen LogP contribution in [0.15, 0.2) is 52.7 Å². The van der Waals surface area contributed by atoms with Gasteiger partial charge in [-0.2, -0.15) is 0 Å². The molecule has 1 saturated heterocycles. The molecule has 68 heavy (non-hydrogen) atoms. The first-order valence-corrected chi connectivity index (χ1v) is 21.7. The van der Waals surface area contributed by atoms with E-state index < -0.39 is 60.3 Å². The number of rotatable bonds is 13. The van der Waals surface area contributed by atoms with E-state index in [2.05, 4.69) is 21.5 Å². The summed E-state index contributed by atoms with van der Waals surface area (Å²) in [5.41, 5.74) is 8.70. The number of hydrogen-bond acceptors (Lipinski definition) is 15. The van der Waals surface area contributed by atoms with E-state index in [9.17, 15) is 33.6 Å². The van der Waals surface area contributed by atoms with Gasteiger partial charge in [-0.3, -0.25) is 38.3 Å². The van der Waals surface area contributed by atoms with Gasteiger partial charge in [-0.1, -0.05) is 6.58 Å². The molecule has 4 atom stereocenters. The number of allylic oxidation sites excluding steroid dienone is 5. The standard InChI is InChI=1S/C49H52N6O13/c1-22-15-30-16-35-23(2)31(11-13-42(59)63-9)38(51-35)19-39-32(12-14-43(60)64-10)24(3)36(52-39)18-37-26(5)44(40(53-37)17-34(22)50-30)25(4)33-20-55(49(62)54-47(33)61)48-46(67-29(8)58)45(66-28(7)57)41(68-48)21-65-27(6)56/h15-20,41,45-46,48,50,52H,4,11-14,21H2,1-3,5-10H3,(H,54,61,62)/t41-,45?,46+,48-/m1/s1. The molecule has 0 radical (unpaired) electrons. The summed E-state index contributed by atoms with van der Waals surface area (Å²) in [6, 6.07) is 9.47. The molecule has 0 saturated carbocycles. The second-order valence-electron chi connectivity index (χ2n) is 16.7. The van der Waals surface area contributed by atoms with Gasteiger partial charge in [0.2, 0.25) is 0 Å². The van der Waals surface area contributed by atoms with Crippen molar-refractivity contribution in [2.45, 2.75) is 98.7 Å². The monoisotopic (exact) mass is 932 g/mol. The maximum absolute atomic E-state index is 13.9. The van der Waals surface area contributed by atoms with E-state index in [0.29, 0.717) is 63.3 Å². The Morgan fingerprint density at radius 1 is 0.721 bits per heavy atom. The lowest BCUT2D eigenvalue weighted by Gasteiger charge is -2.24. The van der Waals surface area contributed by atoms with Crippen LogP contribution in [0.5, 0.6) is 0 Å². The molecule has 356 valence electrons. The van der Waals surface area contributed by atoms with E-state index in [1.165, 1.54) is 27.3 Å². The van der Waals surface area contributed by atoms with E-state index in [1.54, 1.807) is 0 Å². The highest BCUT2D eigenvalue weighted by Gasteiger charge is 2.51. The molecule has 1 fully saturated rings. The first kappa shape index (κ1) is 48.3. The molecule has 0 aromatic carbocycles. The largest absolute Gasteiger partial charge is 0.469 e. The summed E-state index contributed by atoms with van der Waals surface area (Å²) in [5, 5.41) is 0. The topological polar surface area (TPSA) is 253 Å². The van der Waals surface area contributed by atoms with E-state index in [4.69, 9.17) is 38.4 Å². The zero-order chi connectivity index (χ0) is 49.3. The Labute approximate surface area is 389 Å². The van der Waals surface area contributed by atoms with Crippen LogP contribution < -0.4 is 11.2 Å². The molecule has 3 aliphatic heterocycles. The van der Waals surface area contributed by atoms with E-state index in [0.717, 1.165) is 51.8 Å². The molecule has 4 aromatic rings. The number of aromatic amines is 3. The van der Waals surface area contributed by atoms with Gasteiger partial charge >= 0.3 is 35.5 Å². The highest BCUT2D eigenvalue weighted by molar-refractivity contribution is 6.14. The van der Waals surface area contributed by atoms with Gasteiger partial charge in [-0.05, 0) is 110 Å². The quantitative estimate of drug-likeness (QED) is 0.107. The molecule has 0 amide bonds. The zero-order valence-electron chi connectivity index (χ0n) is 39.2. The maximum atomic E-state index is 13.9. The molecule has 1 unspecified atom stereocenters. The molecule has 0 spiro atoms. The average Bonchev–Trinajstić information content (AvgIpc) is 4.04. The van der Waals surface area contributed by atoms with Crippen LogP contribution in [0.1, 0.15) is 105 Å². The van der Waals surface area contributed by atoms with Crippen LogP contribution in [-0.4, -0.2) is 98.5 Å². The first-order valence-electron chi connectivity index (χ1n) is 21.7. The van der Waals surface area contributed by atoms with E-state index in [-0.39, 0.29) is 35.9 Å². The number of fused-ring (bicyclic) bond motifs is 8. The number of aromatic nitrogens is 6. The number of aryl methyl sites for hydroxylation is 3. The summed E-state index contributed by atoms with van der Waals surface area (Å²) in [6.45, 7) is 15.0. The Kier molecular flexibility index (Phi) is 14.0. The molecular formula is C49H52N6O13. The number of H-pyrrole nitrogens is 3. The van der Waals surface area contributed by atoms with Crippen LogP contribution >= 0.6 is 0 Å². The minimum Gasteiger partial charge on any atom is -0.469 e. The molecule has 19 nitrogen and oxygen atoms in total. The number of ether oxygens (including phenoxy) is 6. The molecule has 4 aromatic heterocycles. The molecular weight excluding hydrogens is 881 g/mol. The fraction of sp³-hybridized carbons (Fsp3) is 0.367. The molecule has 7 heterocycles. The van der Waals surface area contributed by atoms with Gasteiger partial charge in [0.15, 0.2) is 18.4 Å². The Balaban J connectivity index is 1.43. The minimum atomic E-state index is -1.47. The third kappa shape index (κ3) is 9.88. The number of nitrogens with one attached hydrogen (secondary N) is 3. The van der Waals surface area contributed by atoms with Gasteiger partial charge in [0, 0.05) is 67.4 Å². The Morgan fingerprint density at radius 2 is 1.34 bits per heavy atom. The minimum absolute atomic E-state index is 0.0727. The summed E-state index contributed by atoms with van der Waals surface area (Å²) in [7, 11) is 2.68. The van der Waals surface area contributed by atoms with Crippen molar-refractivity contribution in [2.24, 2.45) is 0 Å². The van der Waals surface area contributed by atoms with Crippen LogP contribution in [-0.2, 0) is 58.8 Å². The van der Waals surface area contributed by atoms with Crippen LogP contribution in [0.25, 0.3) is 49.9 Å². The summed E-state index contributed by atoms with van der Waals surface area (Å²) in [5.74, 6) is -2.94. The molecule has 19 heteroatoms. The van der Waals surface area contributed by atoms with Crippen LogP contribution in [0.4, 0.5) is 0 Å². The Morgan fingerprint density at radius 3 is 2.00 bits per heavy atom. The van der Waals surface area contributed by atoms with E-state index >= 15 is 0 Å². The van der Waals surface area contributed by atoms with Crippen molar-refractivity contribution in [1.29, 1.82) is 0 Å². The average molecular weight is 933 g/mol. The summed E-state index contributed by atoms with van der Waals surface area (Å²) >= 11 is 0. The Hall–Kier alpha value is -7.67. The second-order valence-corrected chi connectivity index (χ2v) is 16.7. The fourth-order valence-electron chi connectivity index (χ4n) is 8.67. The number of carbonyl (C=O) groups excluding carboxylic acids is 5. The SMILES string of the molecule is C=C(C1=C(C)c2cc3[nH]c(cc4nc(cc5cc(C)c(cc1n2)[nH]5)C(C)=C4CCC(=O)OC)c(CCC(=O)OC)c3C)c1cn([C@@H]2O[C@H](COC(C)=O)C(OC(C)=O)[C@@H]2OC(C)=O)c(=O)[nH]c1=O. The van der Waals surface area contributed by atoms with Crippen molar-refractivity contribution in [3.8, 4) is 0 Å². The molecule has 8 bridgehead atoms. The van der Waals surface area contributed by atoms with Crippen molar-refractivity contribution in [2.75, 3.05) is 20.8 Å². The van der Waals surface area contributed by atoms with Gasteiger partial charge < -0.3 is 38.4 Å². The van der Waals surface area contributed by atoms with Crippen molar-refractivity contribution in [1.82, 2.24) is 29.5 Å². The zero-order valence-corrected chi connectivity index (χ0v) is 39.2. The van der Waals surface area contributed by atoms with Crippen molar-refractivity contribution in [3.05, 3.63) is 109 Å². The molecule has 0 aliphatic carbocycles. The lowest BCUT2D eigenvalue weighted by atomic mass is 9.95. The summed E-state index contributed by atoms with van der Waals surface area (Å²) in [6.07, 6.45) is -3.20. The third-order valence-electron chi connectivity index (χ3n) is 12.1. The van der Waals surface area contributed by atoms with Crippen LogP contribution in [0.3, 0.4) is 0 Å². The van der Waals surface area contributed by atoms with Gasteiger partial charge in [0.1, 0.15) is 12.7 Å². The normalized spacial score (nSPS) is 17.8. The second kappa shape index (κ2) is 19.7. The van der Waals surface area contributed by atoms with Crippen molar-refractivity contribution >= 4 is 79.8 Å². The highest BCUT2D eigenvalue weighted by Crippen LogP contribution is 2.40. The maximum Gasteiger partial charge on any atom is 0.330 e. The van der Waals surface area contributed by atoms with Gasteiger partial charge in [-0.25, -0.2) is 14.8 Å². The van der Waals surface area contributed by atoms with Crippen LogP contribution in [0, 0.1) is 13.8 Å². The van der Waals surface area contributed by atoms with Gasteiger partial charge in [0.25, 0.3) is 5.56 Å². The molecule has 3 aliphatic rings. The summed E-state index contributed by atoms with van der Waals surface area (Å²) in [4.78, 5) is 108. The number of hydrogen-bond donors (Lipinski definition) is 3. The first-order chi connectivity index (χ1) is 32.3. The highest BCUT2D eigenvalue weighted by atomic mass is 16.7. The van der Waals surface area contributed by atoms with Gasteiger partial charge in [0.05, 0.1) is 42.6 Å². The molecule has 7 rings (SSSR count). The smallest absolute Gasteiger partial charge is 0.330 e. The predicted molar refractivity (Wildman–Crippen MR) is 249 cm³/mol. The number of methoxy groups -OCH3 is 2. The Bertz CT molecular complexity index is 3150. The number of esters is 5. The lowest BCUT2D eigenvalue weighted by Crippen LogP contribution is -2.42. The van der Waals surface area contributed by atoms with Crippen molar-refractivity contribution < 1.29 is 52.4 Å². The van der Waals surface area contributed by atoms with Crippen LogP contribution in [0.2, 0.25) is 0 Å². The van der Waals surface area contributed by atoms with Crippen molar-refractivity contribution in [3.63, 3.8) is 0 Å². The third-order valence-corrected chi connectivity index (χ3v) is 12.1. The predicted octanol–water partition coefficient (Wildman–Crippen LogP) is 5.74. The van der Waals surface area contributed by atoms with E-state index in [1.807, 2.05) is 58.0 Å². The number of nitrogens with zero attached hydrogens (tertiary/aromatic N) is 3. The molecule has 3 N–H and O–H groups in total. The lowest BCUT2D eigenvalue weighted by molar-refractivity contribution is -0.166. The van der Waals surface area contributed by atoms with Gasteiger partial charge in [-0.15, -0.1) is 0 Å². The summed E-state index contributed by atoms with van der Waals surface area (Å²) < 4.78 is 33.3.